The highest BCUT2D eigenvalue weighted by atomic mass is 16.7. The van der Waals surface area contributed by atoms with Gasteiger partial charge in [-0.25, -0.2) is 5.48 Å². The first-order valence-electron chi connectivity index (χ1n) is 4.13. The Kier molecular flexibility index (Phi) is 8.81. The van der Waals surface area contributed by atoms with Gasteiger partial charge in [0.2, 0.25) is 0 Å². The van der Waals surface area contributed by atoms with E-state index >= 15 is 0 Å². The Bertz CT molecular complexity index is 90.4. The topological polar surface area (TPSA) is 39.7 Å². The van der Waals surface area contributed by atoms with Crippen LogP contribution in [0.1, 0.15) is 6.92 Å². The zero-order valence-electron chi connectivity index (χ0n) is 8.13. The van der Waals surface area contributed by atoms with Gasteiger partial charge in [0.1, 0.15) is 0 Å². The second kappa shape index (κ2) is 8.93. The Labute approximate surface area is 74.1 Å². The molecule has 0 aliphatic rings. The van der Waals surface area contributed by atoms with Crippen molar-refractivity contribution in [3.8, 4) is 0 Å². The summed E-state index contributed by atoms with van der Waals surface area (Å²) in [5.74, 6) is 0.470. The van der Waals surface area contributed by atoms with Gasteiger partial charge in [0, 0.05) is 20.8 Å². The van der Waals surface area contributed by atoms with E-state index in [0.29, 0.717) is 19.1 Å². The van der Waals surface area contributed by atoms with Gasteiger partial charge < -0.3 is 9.47 Å². The lowest BCUT2D eigenvalue weighted by atomic mass is 10.2. The fourth-order valence-electron chi connectivity index (χ4n) is 0.742. The minimum absolute atomic E-state index is 0.470. The molecule has 1 unspecified atom stereocenters. The molecule has 0 aliphatic heterocycles. The van der Waals surface area contributed by atoms with E-state index < -0.39 is 0 Å². The zero-order valence-corrected chi connectivity index (χ0v) is 8.13. The summed E-state index contributed by atoms with van der Waals surface area (Å²) in [7, 11) is 3.35. The molecule has 0 amide bonds. The Morgan fingerprint density at radius 3 is 2.50 bits per heavy atom. The van der Waals surface area contributed by atoms with Gasteiger partial charge in [-0.15, -0.1) is 0 Å². The summed E-state index contributed by atoms with van der Waals surface area (Å²) in [6, 6.07) is 0. The number of hydroxylamine groups is 1. The van der Waals surface area contributed by atoms with Crippen molar-refractivity contribution in [2.45, 2.75) is 6.92 Å². The van der Waals surface area contributed by atoms with E-state index in [4.69, 9.17) is 14.3 Å². The van der Waals surface area contributed by atoms with Crippen LogP contribution in [0, 0.1) is 5.92 Å². The van der Waals surface area contributed by atoms with Crippen LogP contribution in [0.3, 0.4) is 0 Å². The summed E-state index contributed by atoms with van der Waals surface area (Å²) in [6.45, 7) is 4.84. The molecule has 74 valence electrons. The second-order valence-corrected chi connectivity index (χ2v) is 2.75. The zero-order chi connectivity index (χ0) is 9.23. The lowest BCUT2D eigenvalue weighted by Gasteiger charge is -2.10. The van der Waals surface area contributed by atoms with E-state index in [1.807, 2.05) is 0 Å². The molecule has 0 aromatic rings. The molecule has 0 radical (unpaired) electrons. The molecular weight excluding hydrogens is 158 g/mol. The number of hydrogen-bond donors (Lipinski definition) is 1. The van der Waals surface area contributed by atoms with Crippen LogP contribution < -0.4 is 5.48 Å². The Hall–Kier alpha value is -0.160. The summed E-state index contributed by atoms with van der Waals surface area (Å²) in [4.78, 5) is 5.06. The van der Waals surface area contributed by atoms with Crippen LogP contribution in [-0.2, 0) is 14.3 Å². The first-order chi connectivity index (χ1) is 5.81. The van der Waals surface area contributed by atoms with Crippen molar-refractivity contribution in [2.75, 3.05) is 40.6 Å². The molecule has 4 heteroatoms. The van der Waals surface area contributed by atoms with Gasteiger partial charge in [0.15, 0.2) is 0 Å². The Morgan fingerprint density at radius 2 is 1.92 bits per heavy atom. The van der Waals surface area contributed by atoms with Crippen molar-refractivity contribution in [1.29, 1.82) is 0 Å². The fourth-order valence-corrected chi connectivity index (χ4v) is 0.742. The van der Waals surface area contributed by atoms with Gasteiger partial charge in [-0.2, -0.15) is 0 Å². The molecule has 0 fully saturated rings. The minimum atomic E-state index is 0.470. The van der Waals surface area contributed by atoms with E-state index in [2.05, 4.69) is 12.4 Å². The van der Waals surface area contributed by atoms with Crippen LogP contribution in [0.5, 0.6) is 0 Å². The second-order valence-electron chi connectivity index (χ2n) is 2.75. The molecule has 1 N–H and O–H groups in total. The molecule has 0 saturated carbocycles. The first-order valence-corrected chi connectivity index (χ1v) is 4.13. The maximum Gasteiger partial charge on any atom is 0.0915 e. The van der Waals surface area contributed by atoms with E-state index in [1.165, 1.54) is 0 Å². The van der Waals surface area contributed by atoms with Crippen molar-refractivity contribution < 1.29 is 14.3 Å². The highest BCUT2D eigenvalue weighted by molar-refractivity contribution is 4.49. The third-order valence-electron chi connectivity index (χ3n) is 1.37. The molecule has 0 spiro atoms. The van der Waals surface area contributed by atoms with Crippen molar-refractivity contribution in [2.24, 2.45) is 5.92 Å². The number of rotatable bonds is 8. The average Bonchev–Trinajstić information content (AvgIpc) is 2.05. The van der Waals surface area contributed by atoms with E-state index in [1.54, 1.807) is 14.2 Å². The molecule has 4 nitrogen and oxygen atoms in total. The van der Waals surface area contributed by atoms with Gasteiger partial charge >= 0.3 is 0 Å². The third-order valence-corrected chi connectivity index (χ3v) is 1.37. The van der Waals surface area contributed by atoms with Crippen molar-refractivity contribution in [1.82, 2.24) is 5.48 Å². The molecule has 0 heterocycles. The first kappa shape index (κ1) is 11.8. The van der Waals surface area contributed by atoms with E-state index in [-0.39, 0.29) is 0 Å². The lowest BCUT2D eigenvalue weighted by Crippen LogP contribution is -2.25. The van der Waals surface area contributed by atoms with Gasteiger partial charge in [-0.05, 0) is 5.92 Å². The highest BCUT2D eigenvalue weighted by Crippen LogP contribution is 1.91. The maximum atomic E-state index is 5.06. The van der Waals surface area contributed by atoms with E-state index in [9.17, 15) is 0 Å². The normalized spacial score (nSPS) is 13.2. The minimum Gasteiger partial charge on any atom is -0.384 e. The predicted molar refractivity (Wildman–Crippen MR) is 46.9 cm³/mol. The number of methoxy groups -OCH3 is 2. The van der Waals surface area contributed by atoms with Crippen molar-refractivity contribution in [3.05, 3.63) is 0 Å². The van der Waals surface area contributed by atoms with Gasteiger partial charge in [-0.1, -0.05) is 6.92 Å². The summed E-state index contributed by atoms with van der Waals surface area (Å²) in [5.41, 5.74) is 2.84. The maximum absolute atomic E-state index is 5.06. The molecule has 0 saturated heterocycles. The van der Waals surface area contributed by atoms with Crippen LogP contribution in [0.15, 0.2) is 0 Å². The molecule has 12 heavy (non-hydrogen) atoms. The Balaban J connectivity index is 2.97. The monoisotopic (exact) mass is 177 g/mol. The smallest absolute Gasteiger partial charge is 0.0915 e. The SMILES string of the molecule is COCCONCC(C)COC. The van der Waals surface area contributed by atoms with Gasteiger partial charge in [0.25, 0.3) is 0 Å². The van der Waals surface area contributed by atoms with E-state index in [0.717, 1.165) is 13.2 Å². The molecule has 0 aromatic carbocycles. The number of hydrogen-bond acceptors (Lipinski definition) is 4. The largest absolute Gasteiger partial charge is 0.384 e. The third kappa shape index (κ3) is 7.94. The van der Waals surface area contributed by atoms with Crippen molar-refractivity contribution in [3.63, 3.8) is 0 Å². The van der Waals surface area contributed by atoms with Crippen LogP contribution in [-0.4, -0.2) is 40.6 Å². The standard InChI is InChI=1S/C8H19NO3/c1-8(7-11-3)6-9-12-5-4-10-2/h8-9H,4-7H2,1-3H3. The Morgan fingerprint density at radius 1 is 1.17 bits per heavy atom. The summed E-state index contributed by atoms with van der Waals surface area (Å²) < 4.78 is 9.77. The fraction of sp³-hybridized carbons (Fsp3) is 1.00. The van der Waals surface area contributed by atoms with Crippen LogP contribution in [0.2, 0.25) is 0 Å². The lowest BCUT2D eigenvalue weighted by molar-refractivity contribution is -0.00317. The number of ether oxygens (including phenoxy) is 2. The molecule has 0 aliphatic carbocycles. The van der Waals surface area contributed by atoms with Crippen LogP contribution in [0.25, 0.3) is 0 Å². The van der Waals surface area contributed by atoms with Gasteiger partial charge in [0.05, 0.1) is 19.8 Å². The molecule has 0 bridgehead atoms. The van der Waals surface area contributed by atoms with Crippen LogP contribution >= 0.6 is 0 Å². The number of nitrogens with one attached hydrogen (secondary N) is 1. The molecule has 0 rings (SSSR count). The van der Waals surface area contributed by atoms with Crippen molar-refractivity contribution >= 4 is 0 Å². The average molecular weight is 177 g/mol. The van der Waals surface area contributed by atoms with Gasteiger partial charge in [-0.3, -0.25) is 4.84 Å². The highest BCUT2D eigenvalue weighted by Gasteiger charge is 1.99. The molecular formula is C8H19NO3. The molecule has 1 atom stereocenters. The summed E-state index contributed by atoms with van der Waals surface area (Å²) in [6.07, 6.45) is 0. The predicted octanol–water partition coefficient (Wildman–Crippen LogP) is 0.436. The summed E-state index contributed by atoms with van der Waals surface area (Å²) >= 11 is 0. The summed E-state index contributed by atoms with van der Waals surface area (Å²) in [5, 5.41) is 0. The molecule has 0 aromatic heterocycles. The quantitative estimate of drug-likeness (QED) is 0.431. The van der Waals surface area contributed by atoms with Crippen LogP contribution in [0.4, 0.5) is 0 Å².